The molecule has 1 heterocycles. The molecule has 5 nitrogen and oxygen atoms in total. The van der Waals surface area contributed by atoms with E-state index in [0.29, 0.717) is 18.7 Å². The Hall–Kier alpha value is -2.11. The number of fused-ring (bicyclic) bond motifs is 1. The predicted octanol–water partition coefficient (Wildman–Crippen LogP) is 1.76. The summed E-state index contributed by atoms with van der Waals surface area (Å²) in [7, 11) is 0. The lowest BCUT2D eigenvalue weighted by molar-refractivity contribution is -0.142. The van der Waals surface area contributed by atoms with Crippen LogP contribution in [0, 0.1) is 5.82 Å². The van der Waals surface area contributed by atoms with Crippen LogP contribution in [0.4, 0.5) is 14.9 Å². The highest BCUT2D eigenvalue weighted by Gasteiger charge is 2.33. The number of rotatable bonds is 2. The molecule has 0 aliphatic carbocycles. The second-order valence-corrected chi connectivity index (χ2v) is 5.03. The van der Waals surface area contributed by atoms with Crippen molar-refractivity contribution in [1.82, 2.24) is 5.32 Å². The monoisotopic (exact) mass is 266 g/mol. The Labute approximate surface area is 110 Å². The van der Waals surface area contributed by atoms with Crippen LogP contribution in [0.1, 0.15) is 19.4 Å². The molecule has 0 saturated heterocycles. The summed E-state index contributed by atoms with van der Waals surface area (Å²) in [6.45, 7) is 3.21. The summed E-state index contributed by atoms with van der Waals surface area (Å²) in [5.41, 5.74) is 0.0102. The summed E-state index contributed by atoms with van der Waals surface area (Å²) in [5, 5.41) is 11.4. The van der Waals surface area contributed by atoms with E-state index in [1.54, 1.807) is 6.07 Å². The van der Waals surface area contributed by atoms with E-state index < -0.39 is 23.4 Å². The summed E-state index contributed by atoms with van der Waals surface area (Å²) < 4.78 is 13.2. The Balaban J connectivity index is 2.20. The first-order valence-electron chi connectivity index (χ1n) is 5.93. The second-order valence-electron chi connectivity index (χ2n) is 5.03. The first kappa shape index (κ1) is 13.3. The molecular formula is C13H15FN2O3. The number of nitrogens with one attached hydrogen (secondary N) is 1. The molecule has 0 aromatic heterocycles. The molecule has 1 aliphatic heterocycles. The molecule has 102 valence electrons. The van der Waals surface area contributed by atoms with Crippen LogP contribution in [0.15, 0.2) is 18.2 Å². The van der Waals surface area contributed by atoms with Gasteiger partial charge < -0.3 is 10.4 Å². The molecule has 1 aromatic rings. The zero-order chi connectivity index (χ0) is 14.2. The maximum absolute atomic E-state index is 13.2. The van der Waals surface area contributed by atoms with Crippen molar-refractivity contribution >= 4 is 17.7 Å². The Morgan fingerprint density at radius 3 is 2.74 bits per heavy atom. The van der Waals surface area contributed by atoms with Gasteiger partial charge in [-0.15, -0.1) is 0 Å². The van der Waals surface area contributed by atoms with Crippen LogP contribution in [-0.4, -0.2) is 29.2 Å². The maximum atomic E-state index is 13.2. The van der Waals surface area contributed by atoms with E-state index in [2.05, 4.69) is 5.32 Å². The van der Waals surface area contributed by atoms with E-state index in [1.165, 1.54) is 30.9 Å². The standard InChI is InChI=1S/C13H15FN2O3/c1-13(2,11(17)18)15-12(19)16-6-5-8-3-4-9(14)7-10(8)16/h3-4,7H,5-6H2,1-2H3,(H,15,19)(H,17,18). The minimum atomic E-state index is -1.37. The van der Waals surface area contributed by atoms with Crippen LogP contribution in [0.5, 0.6) is 0 Å². The van der Waals surface area contributed by atoms with Gasteiger partial charge in [0.15, 0.2) is 0 Å². The number of halogens is 1. The maximum Gasteiger partial charge on any atom is 0.328 e. The first-order chi connectivity index (χ1) is 8.81. The van der Waals surface area contributed by atoms with Crippen molar-refractivity contribution in [3.63, 3.8) is 0 Å². The van der Waals surface area contributed by atoms with Crippen molar-refractivity contribution in [2.75, 3.05) is 11.4 Å². The zero-order valence-corrected chi connectivity index (χ0v) is 10.7. The van der Waals surface area contributed by atoms with E-state index in [9.17, 15) is 14.0 Å². The van der Waals surface area contributed by atoms with E-state index in [0.717, 1.165) is 5.56 Å². The Morgan fingerprint density at radius 2 is 2.11 bits per heavy atom. The highest BCUT2D eigenvalue weighted by Crippen LogP contribution is 2.28. The van der Waals surface area contributed by atoms with Gasteiger partial charge in [-0.25, -0.2) is 14.0 Å². The number of hydrogen-bond acceptors (Lipinski definition) is 2. The molecule has 0 fully saturated rings. The highest BCUT2D eigenvalue weighted by molar-refractivity contribution is 5.97. The third-order valence-electron chi connectivity index (χ3n) is 3.14. The molecule has 0 spiro atoms. The number of carboxylic acid groups (broad SMARTS) is 1. The number of hydrogen-bond donors (Lipinski definition) is 2. The SMILES string of the molecule is CC(C)(NC(=O)N1CCc2ccc(F)cc21)C(=O)O. The van der Waals surface area contributed by atoms with E-state index in [-0.39, 0.29) is 0 Å². The molecule has 2 rings (SSSR count). The number of nitrogens with zero attached hydrogens (tertiary/aromatic N) is 1. The van der Waals surface area contributed by atoms with Gasteiger partial charge in [-0.3, -0.25) is 4.90 Å². The van der Waals surface area contributed by atoms with Gasteiger partial charge in [-0.2, -0.15) is 0 Å². The van der Waals surface area contributed by atoms with Gasteiger partial charge in [-0.1, -0.05) is 6.07 Å². The molecule has 2 N–H and O–H groups in total. The van der Waals surface area contributed by atoms with Gasteiger partial charge >= 0.3 is 12.0 Å². The van der Waals surface area contributed by atoms with E-state index in [4.69, 9.17) is 5.11 Å². The van der Waals surface area contributed by atoms with Crippen LogP contribution in [0.25, 0.3) is 0 Å². The molecule has 0 saturated carbocycles. The lowest BCUT2D eigenvalue weighted by atomic mass is 10.1. The van der Waals surface area contributed by atoms with Gasteiger partial charge in [0.05, 0.1) is 5.69 Å². The largest absolute Gasteiger partial charge is 0.480 e. The molecule has 1 aromatic carbocycles. The van der Waals surface area contributed by atoms with Crippen molar-refractivity contribution in [3.8, 4) is 0 Å². The minimum absolute atomic E-state index is 0.417. The van der Waals surface area contributed by atoms with Crippen LogP contribution < -0.4 is 10.2 Å². The predicted molar refractivity (Wildman–Crippen MR) is 67.7 cm³/mol. The fraction of sp³-hybridized carbons (Fsp3) is 0.385. The minimum Gasteiger partial charge on any atom is -0.480 e. The van der Waals surface area contributed by atoms with Crippen LogP contribution in [0.2, 0.25) is 0 Å². The van der Waals surface area contributed by atoms with Crippen molar-refractivity contribution in [2.45, 2.75) is 25.8 Å². The molecule has 0 unspecified atom stereocenters. The third-order valence-corrected chi connectivity index (χ3v) is 3.14. The molecule has 19 heavy (non-hydrogen) atoms. The third kappa shape index (κ3) is 2.52. The summed E-state index contributed by atoms with van der Waals surface area (Å²) in [6.07, 6.45) is 0.635. The van der Waals surface area contributed by atoms with E-state index >= 15 is 0 Å². The summed E-state index contributed by atoms with van der Waals surface area (Å²) >= 11 is 0. The molecule has 6 heteroatoms. The normalized spacial score (nSPS) is 14.2. The zero-order valence-electron chi connectivity index (χ0n) is 10.7. The lowest BCUT2D eigenvalue weighted by Gasteiger charge is -2.25. The second kappa shape index (κ2) is 4.53. The number of carboxylic acids is 1. The number of aliphatic carboxylic acids is 1. The summed E-state index contributed by atoms with van der Waals surface area (Å²) in [6, 6.07) is 3.74. The van der Waals surface area contributed by atoms with Crippen molar-refractivity contribution < 1.29 is 19.1 Å². The van der Waals surface area contributed by atoms with Crippen molar-refractivity contribution in [1.29, 1.82) is 0 Å². The number of carbonyl (C=O) groups excluding carboxylic acids is 1. The van der Waals surface area contributed by atoms with E-state index in [1.807, 2.05) is 0 Å². The number of urea groups is 1. The van der Waals surface area contributed by atoms with Crippen LogP contribution >= 0.6 is 0 Å². The first-order valence-corrected chi connectivity index (χ1v) is 5.93. The van der Waals surface area contributed by atoms with Gasteiger partial charge in [-0.05, 0) is 38.0 Å². The van der Waals surface area contributed by atoms with Crippen molar-refractivity contribution in [2.24, 2.45) is 0 Å². The molecule has 1 aliphatic rings. The molecule has 0 radical (unpaired) electrons. The average Bonchev–Trinajstić information content (AvgIpc) is 2.70. The van der Waals surface area contributed by atoms with Gasteiger partial charge in [0.1, 0.15) is 11.4 Å². The fourth-order valence-electron chi connectivity index (χ4n) is 1.95. The smallest absolute Gasteiger partial charge is 0.328 e. The number of benzene rings is 1. The van der Waals surface area contributed by atoms with Crippen LogP contribution in [-0.2, 0) is 11.2 Å². The van der Waals surface area contributed by atoms with Gasteiger partial charge in [0, 0.05) is 6.54 Å². The number of amides is 2. The van der Waals surface area contributed by atoms with Gasteiger partial charge in [0.2, 0.25) is 0 Å². The van der Waals surface area contributed by atoms with Crippen LogP contribution in [0.3, 0.4) is 0 Å². The fourth-order valence-corrected chi connectivity index (χ4v) is 1.95. The van der Waals surface area contributed by atoms with Crippen molar-refractivity contribution in [3.05, 3.63) is 29.6 Å². The topological polar surface area (TPSA) is 69.6 Å². The molecular weight excluding hydrogens is 251 g/mol. The molecule has 0 atom stereocenters. The molecule has 2 amide bonds. The Morgan fingerprint density at radius 1 is 1.42 bits per heavy atom. The Kier molecular flexibility index (Phi) is 3.18. The summed E-state index contributed by atoms with van der Waals surface area (Å²) in [4.78, 5) is 24.4. The average molecular weight is 266 g/mol. The highest BCUT2D eigenvalue weighted by atomic mass is 19.1. The number of carbonyl (C=O) groups is 2. The Bertz CT molecular complexity index is 543. The quantitative estimate of drug-likeness (QED) is 0.857. The molecule has 0 bridgehead atoms. The van der Waals surface area contributed by atoms with Gasteiger partial charge in [0.25, 0.3) is 0 Å². The lowest BCUT2D eigenvalue weighted by Crippen LogP contribution is -2.54. The summed E-state index contributed by atoms with van der Waals surface area (Å²) in [5.74, 6) is -1.55. The number of anilines is 1.